The van der Waals surface area contributed by atoms with E-state index < -0.39 is 31.6 Å². The molecule has 0 saturated carbocycles. The molecule has 0 aromatic heterocycles. The minimum absolute atomic E-state index is 0.0210. The van der Waals surface area contributed by atoms with E-state index in [2.05, 4.69) is 15.9 Å². The Morgan fingerprint density at radius 1 is 1.12 bits per heavy atom. The first kappa shape index (κ1) is 14.4. The number of nitrogens with zero attached hydrogens (tertiary/aromatic N) is 1. The van der Waals surface area contributed by atoms with Crippen molar-refractivity contribution in [2.24, 2.45) is 0 Å². The zero-order valence-electron chi connectivity index (χ0n) is 8.88. The monoisotopic (exact) mass is 345 g/mol. The van der Waals surface area contributed by atoms with Gasteiger partial charge in [0, 0.05) is 0 Å². The van der Waals surface area contributed by atoms with Crippen LogP contribution in [0.3, 0.4) is 0 Å². The van der Waals surface area contributed by atoms with Gasteiger partial charge in [-0.2, -0.15) is 3.71 Å². The van der Waals surface area contributed by atoms with E-state index in [4.69, 9.17) is 0 Å². The first-order valence-corrected chi connectivity index (χ1v) is 8.68. The Morgan fingerprint density at radius 3 is 2.00 bits per heavy atom. The van der Waals surface area contributed by atoms with Crippen LogP contribution in [-0.4, -0.2) is 29.3 Å². The van der Waals surface area contributed by atoms with Gasteiger partial charge in [-0.1, -0.05) is 6.07 Å². The molecule has 17 heavy (non-hydrogen) atoms. The molecule has 0 atom stereocenters. The van der Waals surface area contributed by atoms with Gasteiger partial charge in [0.05, 0.1) is 17.0 Å². The van der Waals surface area contributed by atoms with Gasteiger partial charge in [-0.05, 0) is 28.1 Å². The molecule has 0 radical (unpaired) electrons. The van der Waals surface area contributed by atoms with Crippen LogP contribution in [0.1, 0.15) is 0 Å². The third-order valence-electron chi connectivity index (χ3n) is 1.73. The normalized spacial score (nSPS) is 12.5. The summed E-state index contributed by atoms with van der Waals surface area (Å²) in [4.78, 5) is 0. The van der Waals surface area contributed by atoms with Crippen molar-refractivity contribution >= 4 is 41.7 Å². The molecule has 0 spiro atoms. The van der Waals surface area contributed by atoms with E-state index in [1.165, 1.54) is 12.1 Å². The molecule has 0 N–H and O–H groups in total. The zero-order chi connectivity index (χ0) is 13.4. The smallest absolute Gasteiger partial charge is 0.206 e. The molecule has 0 unspecified atom stereocenters. The zero-order valence-corrected chi connectivity index (χ0v) is 12.1. The molecule has 96 valence electrons. The first-order valence-electron chi connectivity index (χ1n) is 4.19. The van der Waals surface area contributed by atoms with Crippen LogP contribution in [-0.2, 0) is 20.0 Å². The van der Waals surface area contributed by atoms with Gasteiger partial charge < -0.3 is 0 Å². The van der Waals surface area contributed by atoms with Gasteiger partial charge in [-0.3, -0.25) is 0 Å². The summed E-state index contributed by atoms with van der Waals surface area (Å²) >= 11 is 2.86. The Bertz CT molecular complexity index is 609. The molecule has 1 aromatic carbocycles. The third kappa shape index (κ3) is 3.17. The van der Waals surface area contributed by atoms with Crippen LogP contribution in [0.5, 0.6) is 0 Å². The number of halogens is 2. The minimum Gasteiger partial charge on any atom is -0.206 e. The van der Waals surface area contributed by atoms with E-state index in [1.54, 1.807) is 0 Å². The molecule has 0 fully saturated rings. The maximum atomic E-state index is 13.7. The predicted molar refractivity (Wildman–Crippen MR) is 66.3 cm³/mol. The largest absolute Gasteiger partial charge is 0.245 e. The number of anilines is 1. The van der Waals surface area contributed by atoms with Crippen LogP contribution in [0.4, 0.5) is 10.1 Å². The molecule has 0 aliphatic rings. The van der Waals surface area contributed by atoms with E-state index in [1.807, 2.05) is 0 Å². The summed E-state index contributed by atoms with van der Waals surface area (Å²) in [6.45, 7) is 0. The Morgan fingerprint density at radius 2 is 1.59 bits per heavy atom. The second kappa shape index (κ2) is 4.54. The molecule has 0 aliphatic carbocycles. The quantitative estimate of drug-likeness (QED) is 0.828. The van der Waals surface area contributed by atoms with Crippen LogP contribution in [0.25, 0.3) is 0 Å². The van der Waals surface area contributed by atoms with Gasteiger partial charge in [0.25, 0.3) is 0 Å². The molecule has 1 aromatic rings. The molecule has 0 saturated heterocycles. The van der Waals surface area contributed by atoms with E-state index in [0.29, 0.717) is 12.5 Å². The summed E-state index contributed by atoms with van der Waals surface area (Å²) in [5.74, 6) is -0.955. The molecular weight excluding hydrogens is 337 g/mol. The molecule has 1 rings (SSSR count). The standard InChI is InChI=1S/C8H9BrFNO4S2/c1-16(12,13)11(17(2,14)15)7-5-3-4-6(9)8(7)10/h3-5H,1-2H3. The lowest BCUT2D eigenvalue weighted by Crippen LogP contribution is -2.35. The van der Waals surface area contributed by atoms with Crippen molar-refractivity contribution in [2.75, 3.05) is 16.2 Å². The fourth-order valence-corrected chi connectivity index (χ4v) is 4.56. The number of hydrogen-bond acceptors (Lipinski definition) is 4. The number of rotatable bonds is 3. The van der Waals surface area contributed by atoms with E-state index >= 15 is 0 Å². The summed E-state index contributed by atoms with van der Waals surface area (Å²) in [5, 5.41) is 0. The Labute approximate surface area is 107 Å². The molecule has 5 nitrogen and oxygen atoms in total. The summed E-state index contributed by atoms with van der Waals surface area (Å²) < 4.78 is 59.4. The summed E-state index contributed by atoms with van der Waals surface area (Å²) in [7, 11) is -8.26. The number of benzene rings is 1. The van der Waals surface area contributed by atoms with E-state index in [0.717, 1.165) is 6.07 Å². The van der Waals surface area contributed by atoms with Crippen molar-refractivity contribution in [3.63, 3.8) is 0 Å². The van der Waals surface area contributed by atoms with Crippen LogP contribution >= 0.6 is 15.9 Å². The Kier molecular flexibility index (Phi) is 3.84. The van der Waals surface area contributed by atoms with Gasteiger partial charge in [0.15, 0.2) is 5.82 Å². The highest BCUT2D eigenvalue weighted by Gasteiger charge is 2.30. The lowest BCUT2D eigenvalue weighted by molar-refractivity contribution is 0.585. The lowest BCUT2D eigenvalue weighted by atomic mass is 10.3. The fraction of sp³-hybridized carbons (Fsp3) is 0.250. The van der Waals surface area contributed by atoms with Crippen molar-refractivity contribution in [2.45, 2.75) is 0 Å². The average molecular weight is 346 g/mol. The van der Waals surface area contributed by atoms with Crippen molar-refractivity contribution in [3.8, 4) is 0 Å². The summed E-state index contributed by atoms with van der Waals surface area (Å²) in [6, 6.07) is 3.75. The molecule has 0 bridgehead atoms. The molecule has 0 amide bonds. The summed E-state index contributed by atoms with van der Waals surface area (Å²) in [5.41, 5.74) is -0.538. The summed E-state index contributed by atoms with van der Waals surface area (Å²) in [6.07, 6.45) is 1.38. The van der Waals surface area contributed by atoms with E-state index in [-0.39, 0.29) is 8.18 Å². The maximum Gasteiger partial charge on any atom is 0.245 e. The highest BCUT2D eigenvalue weighted by atomic mass is 79.9. The Balaban J connectivity index is 3.62. The fourth-order valence-electron chi connectivity index (χ4n) is 1.24. The van der Waals surface area contributed by atoms with Gasteiger partial charge in [0.2, 0.25) is 20.0 Å². The molecule has 9 heteroatoms. The van der Waals surface area contributed by atoms with Crippen molar-refractivity contribution < 1.29 is 21.2 Å². The van der Waals surface area contributed by atoms with Crippen molar-refractivity contribution in [1.29, 1.82) is 0 Å². The van der Waals surface area contributed by atoms with Crippen LogP contribution in [0.2, 0.25) is 0 Å². The molecule has 0 aliphatic heterocycles. The van der Waals surface area contributed by atoms with Gasteiger partial charge in [-0.15, -0.1) is 0 Å². The third-order valence-corrected chi connectivity index (χ3v) is 5.57. The highest BCUT2D eigenvalue weighted by molar-refractivity contribution is 9.10. The number of hydrogen-bond donors (Lipinski definition) is 0. The average Bonchev–Trinajstić information content (AvgIpc) is 2.08. The van der Waals surface area contributed by atoms with Crippen LogP contribution in [0, 0.1) is 5.82 Å². The minimum atomic E-state index is -4.13. The second-order valence-electron chi connectivity index (χ2n) is 3.30. The Hall–Kier alpha value is -0.670. The second-order valence-corrected chi connectivity index (χ2v) is 8.04. The van der Waals surface area contributed by atoms with E-state index in [9.17, 15) is 21.2 Å². The van der Waals surface area contributed by atoms with Gasteiger partial charge in [0.1, 0.15) is 5.69 Å². The van der Waals surface area contributed by atoms with Crippen LogP contribution < -0.4 is 3.71 Å². The topological polar surface area (TPSA) is 71.5 Å². The highest BCUT2D eigenvalue weighted by Crippen LogP contribution is 2.29. The molecular formula is C8H9BrFNO4S2. The maximum absolute atomic E-state index is 13.7. The molecule has 0 heterocycles. The SMILES string of the molecule is CS(=O)(=O)N(c1cccc(Br)c1F)S(C)(=O)=O. The number of sulfonamides is 2. The van der Waals surface area contributed by atoms with Gasteiger partial charge in [-0.25, -0.2) is 21.2 Å². The van der Waals surface area contributed by atoms with Crippen molar-refractivity contribution in [3.05, 3.63) is 28.5 Å². The first-order chi connectivity index (χ1) is 7.55. The van der Waals surface area contributed by atoms with Crippen molar-refractivity contribution in [1.82, 2.24) is 0 Å². The predicted octanol–water partition coefficient (Wildman–Crippen LogP) is 1.31. The lowest BCUT2D eigenvalue weighted by Gasteiger charge is -2.20. The van der Waals surface area contributed by atoms with Gasteiger partial charge >= 0.3 is 0 Å². The van der Waals surface area contributed by atoms with Crippen LogP contribution in [0.15, 0.2) is 22.7 Å².